The fraction of sp³-hybridized carbons (Fsp3) is 0.212. The van der Waals surface area contributed by atoms with Crippen LogP contribution in [0.2, 0.25) is 0 Å². The van der Waals surface area contributed by atoms with E-state index in [0.717, 1.165) is 52.1 Å². The van der Waals surface area contributed by atoms with Crippen LogP contribution in [0.25, 0.3) is 22.0 Å². The molecule has 2 aliphatic rings. The zero-order valence-electron chi connectivity index (χ0n) is 21.9. The third-order valence-corrected chi connectivity index (χ3v) is 7.78. The van der Waals surface area contributed by atoms with Gasteiger partial charge in [-0.1, -0.05) is 48.5 Å². The average molecular weight is 515 g/mol. The minimum absolute atomic E-state index is 0.633. The number of aromatic nitrogens is 2. The average Bonchev–Trinajstić information content (AvgIpc) is 3.59. The summed E-state index contributed by atoms with van der Waals surface area (Å²) in [5.41, 5.74) is 5.43. The van der Waals surface area contributed by atoms with Gasteiger partial charge < -0.3 is 14.8 Å². The van der Waals surface area contributed by atoms with Crippen LogP contribution in [0.5, 0.6) is 17.2 Å². The molecule has 1 N–H and O–H groups in total. The van der Waals surface area contributed by atoms with Crippen molar-refractivity contribution in [3.63, 3.8) is 0 Å². The van der Waals surface area contributed by atoms with E-state index in [1.807, 2.05) is 48.5 Å². The molecule has 0 bridgehead atoms. The number of methoxy groups -OCH3 is 1. The van der Waals surface area contributed by atoms with Crippen LogP contribution in [-0.2, 0) is 6.54 Å². The minimum atomic E-state index is 0.633. The van der Waals surface area contributed by atoms with Gasteiger partial charge >= 0.3 is 0 Å². The lowest BCUT2D eigenvalue weighted by atomic mass is 10.0. The van der Waals surface area contributed by atoms with E-state index in [-0.39, 0.29) is 0 Å². The maximum atomic E-state index is 6.01. The number of ether oxygens (including phenoxy) is 2. The van der Waals surface area contributed by atoms with Gasteiger partial charge in [0.2, 0.25) is 0 Å². The van der Waals surface area contributed by atoms with Crippen LogP contribution in [0.3, 0.4) is 0 Å². The molecule has 7 rings (SSSR count). The molecule has 0 spiro atoms. The topological polar surface area (TPSA) is 59.5 Å². The smallest absolute Gasteiger partial charge is 0.169 e. The quantitative estimate of drug-likeness (QED) is 0.235. The van der Waals surface area contributed by atoms with Gasteiger partial charge in [-0.3, -0.25) is 4.90 Å². The van der Waals surface area contributed by atoms with Crippen LogP contribution in [0, 0.1) is 11.8 Å². The highest BCUT2D eigenvalue weighted by Crippen LogP contribution is 2.45. The van der Waals surface area contributed by atoms with Crippen LogP contribution >= 0.6 is 0 Å². The molecule has 2 atom stereocenters. The summed E-state index contributed by atoms with van der Waals surface area (Å²) in [6, 6.07) is 30.7. The normalized spacial score (nSPS) is 18.1. The summed E-state index contributed by atoms with van der Waals surface area (Å²) in [6.45, 7) is 3.58. The predicted octanol–water partition coefficient (Wildman–Crippen LogP) is 7.29. The number of likely N-dealkylation sites (tertiary alicyclic amines) is 1. The highest BCUT2D eigenvalue weighted by Gasteiger charge is 2.44. The maximum absolute atomic E-state index is 6.01. The van der Waals surface area contributed by atoms with E-state index in [9.17, 15) is 0 Å². The molecule has 1 saturated heterocycles. The van der Waals surface area contributed by atoms with Crippen molar-refractivity contribution in [3.05, 3.63) is 103 Å². The summed E-state index contributed by atoms with van der Waals surface area (Å²) in [6.07, 6.45) is 3.03. The standard InChI is InChI=1S/C33H30N4O2/c1-38-32-17-27(12-14-31(32)39-28-5-3-2-4-6-28)36-33-29-16-24(11-13-30(29)34-21-35-33)23-9-7-22(8-10-23)18-37-19-25-15-26(25)20-37/h2-14,16-17,21,25-26H,15,18-20H2,1H3,(H,34,35,36). The Hall–Kier alpha value is -4.42. The van der Waals surface area contributed by atoms with E-state index in [1.165, 1.54) is 30.6 Å². The number of rotatable bonds is 8. The number of fused-ring (bicyclic) bond motifs is 2. The molecule has 0 radical (unpaired) electrons. The minimum Gasteiger partial charge on any atom is -0.493 e. The monoisotopic (exact) mass is 514 g/mol. The highest BCUT2D eigenvalue weighted by atomic mass is 16.5. The van der Waals surface area contributed by atoms with Crippen molar-refractivity contribution in [1.82, 2.24) is 14.9 Å². The Morgan fingerprint density at radius 3 is 2.41 bits per heavy atom. The fourth-order valence-corrected chi connectivity index (χ4v) is 5.60. The van der Waals surface area contributed by atoms with E-state index in [2.05, 4.69) is 62.6 Å². The van der Waals surface area contributed by atoms with Gasteiger partial charge in [0, 0.05) is 36.8 Å². The van der Waals surface area contributed by atoms with Crippen molar-refractivity contribution in [1.29, 1.82) is 0 Å². The van der Waals surface area contributed by atoms with Crippen molar-refractivity contribution in [2.24, 2.45) is 11.8 Å². The second-order valence-corrected chi connectivity index (χ2v) is 10.5. The Labute approximate surface area is 228 Å². The summed E-state index contributed by atoms with van der Waals surface area (Å²) in [4.78, 5) is 11.6. The van der Waals surface area contributed by atoms with Crippen LogP contribution in [0.1, 0.15) is 12.0 Å². The molecule has 1 aliphatic carbocycles. The van der Waals surface area contributed by atoms with Crippen LogP contribution in [0.4, 0.5) is 11.5 Å². The molecular weight excluding hydrogens is 484 g/mol. The summed E-state index contributed by atoms with van der Waals surface area (Å²) >= 11 is 0. The van der Waals surface area contributed by atoms with Crippen molar-refractivity contribution in [2.75, 3.05) is 25.5 Å². The number of anilines is 2. The van der Waals surface area contributed by atoms with E-state index in [0.29, 0.717) is 11.5 Å². The Morgan fingerprint density at radius 2 is 1.62 bits per heavy atom. The molecule has 194 valence electrons. The third-order valence-electron chi connectivity index (χ3n) is 7.78. The first kappa shape index (κ1) is 23.7. The van der Waals surface area contributed by atoms with Crippen molar-refractivity contribution in [2.45, 2.75) is 13.0 Å². The zero-order chi connectivity index (χ0) is 26.2. The van der Waals surface area contributed by atoms with E-state index in [4.69, 9.17) is 9.47 Å². The van der Waals surface area contributed by atoms with E-state index >= 15 is 0 Å². The Kier molecular flexibility index (Phi) is 6.10. The highest BCUT2D eigenvalue weighted by molar-refractivity contribution is 5.94. The van der Waals surface area contributed by atoms with Gasteiger partial charge in [0.15, 0.2) is 11.5 Å². The Morgan fingerprint density at radius 1 is 0.821 bits per heavy atom. The number of hydrogen-bond acceptors (Lipinski definition) is 6. The summed E-state index contributed by atoms with van der Waals surface area (Å²) in [5.74, 6) is 4.71. The molecule has 2 fully saturated rings. The second-order valence-electron chi connectivity index (χ2n) is 10.5. The van der Waals surface area contributed by atoms with Crippen molar-refractivity contribution in [3.8, 4) is 28.4 Å². The Bertz CT molecular complexity index is 1610. The van der Waals surface area contributed by atoms with Gasteiger partial charge in [-0.2, -0.15) is 0 Å². The molecule has 1 saturated carbocycles. The SMILES string of the molecule is COc1cc(Nc2ncnc3ccc(-c4ccc(CN5CC6CC6C5)cc4)cc23)ccc1Oc1ccccc1. The van der Waals surface area contributed by atoms with E-state index < -0.39 is 0 Å². The zero-order valence-corrected chi connectivity index (χ0v) is 21.9. The molecule has 1 aromatic heterocycles. The lowest BCUT2D eigenvalue weighted by molar-refractivity contribution is 0.297. The molecule has 6 nitrogen and oxygen atoms in total. The number of nitrogens with one attached hydrogen (secondary N) is 1. The first-order valence-corrected chi connectivity index (χ1v) is 13.5. The molecule has 5 aromatic rings. The fourth-order valence-electron chi connectivity index (χ4n) is 5.60. The van der Waals surface area contributed by atoms with E-state index in [1.54, 1.807) is 13.4 Å². The van der Waals surface area contributed by atoms with Gasteiger partial charge in [0.1, 0.15) is 17.9 Å². The lowest BCUT2D eigenvalue weighted by Crippen LogP contribution is -2.21. The molecular formula is C33H30N4O2. The van der Waals surface area contributed by atoms with Crippen LogP contribution < -0.4 is 14.8 Å². The predicted molar refractivity (Wildman–Crippen MR) is 155 cm³/mol. The summed E-state index contributed by atoms with van der Waals surface area (Å²) in [7, 11) is 1.64. The second kappa shape index (κ2) is 10.0. The van der Waals surface area contributed by atoms with Crippen molar-refractivity contribution < 1.29 is 9.47 Å². The number of piperidine rings is 1. The van der Waals surface area contributed by atoms with Crippen molar-refractivity contribution >= 4 is 22.4 Å². The summed E-state index contributed by atoms with van der Waals surface area (Å²) in [5, 5.41) is 4.41. The molecule has 6 heteroatoms. The first-order chi connectivity index (χ1) is 19.2. The number of hydrogen-bond donors (Lipinski definition) is 1. The Balaban J connectivity index is 1.12. The number of benzene rings is 4. The lowest BCUT2D eigenvalue weighted by Gasteiger charge is -2.17. The van der Waals surface area contributed by atoms with Gasteiger partial charge in [0.25, 0.3) is 0 Å². The van der Waals surface area contributed by atoms with Crippen LogP contribution in [0.15, 0.2) is 97.3 Å². The largest absolute Gasteiger partial charge is 0.493 e. The number of nitrogens with zero attached hydrogens (tertiary/aromatic N) is 3. The molecule has 2 unspecified atom stereocenters. The molecule has 1 aliphatic heterocycles. The maximum Gasteiger partial charge on any atom is 0.169 e. The third kappa shape index (κ3) is 5.03. The van der Waals surface area contributed by atoms with Gasteiger partial charge in [-0.15, -0.1) is 0 Å². The number of para-hydroxylation sites is 1. The molecule has 39 heavy (non-hydrogen) atoms. The van der Waals surface area contributed by atoms with Gasteiger partial charge in [0.05, 0.1) is 12.6 Å². The summed E-state index contributed by atoms with van der Waals surface area (Å²) < 4.78 is 11.6. The van der Waals surface area contributed by atoms with Gasteiger partial charge in [-0.25, -0.2) is 9.97 Å². The van der Waals surface area contributed by atoms with Gasteiger partial charge in [-0.05, 0) is 71.3 Å². The first-order valence-electron chi connectivity index (χ1n) is 13.5. The molecule has 2 heterocycles. The molecule has 0 amide bonds. The van der Waals surface area contributed by atoms with Crippen LogP contribution in [-0.4, -0.2) is 35.1 Å². The molecule has 4 aromatic carbocycles.